The van der Waals surface area contributed by atoms with Crippen LogP contribution in [0.1, 0.15) is 5.56 Å². The Morgan fingerprint density at radius 3 is 2.52 bits per heavy atom. The molecule has 2 aromatic heterocycles. The lowest BCUT2D eigenvalue weighted by Crippen LogP contribution is -2.14. The van der Waals surface area contributed by atoms with Gasteiger partial charge in [-0.3, -0.25) is 4.79 Å². The minimum atomic E-state index is -3.23. The highest BCUT2D eigenvalue weighted by Gasteiger charge is 2.11. The van der Waals surface area contributed by atoms with E-state index in [1.807, 2.05) is 17.5 Å². The lowest BCUT2D eigenvalue weighted by atomic mass is 10.1. The maximum Gasteiger partial charge on any atom is 0.230 e. The number of thiophene rings is 1. The van der Waals surface area contributed by atoms with Gasteiger partial charge in [-0.2, -0.15) is 0 Å². The van der Waals surface area contributed by atoms with Gasteiger partial charge in [0.1, 0.15) is 0 Å². The summed E-state index contributed by atoms with van der Waals surface area (Å²) in [5.41, 5.74) is 1.57. The lowest BCUT2D eigenvalue weighted by molar-refractivity contribution is -0.115. The molecule has 0 saturated carbocycles. The standard InChI is InChI=1S/C16H13BrN2O3S3/c1-25(21,22)11-4-2-10(3-5-11)8-15(20)19-16-18-12(9-23-16)13-6-7-14(17)24-13/h2-7,9H,8H2,1H3,(H,18,19,20). The van der Waals surface area contributed by atoms with E-state index in [0.29, 0.717) is 5.13 Å². The van der Waals surface area contributed by atoms with E-state index in [0.717, 1.165) is 26.2 Å². The van der Waals surface area contributed by atoms with Gasteiger partial charge in [-0.25, -0.2) is 13.4 Å². The number of sulfone groups is 1. The molecule has 9 heteroatoms. The first-order chi connectivity index (χ1) is 11.8. The Bertz CT molecular complexity index is 1010. The summed E-state index contributed by atoms with van der Waals surface area (Å²) in [6.45, 7) is 0. The number of aromatic nitrogens is 1. The highest BCUT2D eigenvalue weighted by molar-refractivity contribution is 9.11. The van der Waals surface area contributed by atoms with Gasteiger partial charge in [-0.1, -0.05) is 12.1 Å². The quantitative estimate of drug-likeness (QED) is 0.623. The normalized spacial score (nSPS) is 11.4. The zero-order chi connectivity index (χ0) is 18.0. The SMILES string of the molecule is CS(=O)(=O)c1ccc(CC(=O)Nc2nc(-c3ccc(Br)s3)cs2)cc1. The Labute approximate surface area is 161 Å². The molecule has 0 aliphatic heterocycles. The molecule has 3 rings (SSSR count). The summed E-state index contributed by atoms with van der Waals surface area (Å²) in [6, 6.07) is 10.2. The minimum absolute atomic E-state index is 0.156. The van der Waals surface area contributed by atoms with Crippen molar-refractivity contribution in [3.8, 4) is 10.6 Å². The van der Waals surface area contributed by atoms with Crippen LogP contribution >= 0.6 is 38.6 Å². The highest BCUT2D eigenvalue weighted by atomic mass is 79.9. The fourth-order valence-corrected chi connectivity index (χ4v) is 4.88. The molecule has 130 valence electrons. The Morgan fingerprint density at radius 1 is 1.20 bits per heavy atom. The van der Waals surface area contributed by atoms with Gasteiger partial charge in [0.25, 0.3) is 0 Å². The summed E-state index contributed by atoms with van der Waals surface area (Å²) in [4.78, 5) is 17.8. The first-order valence-electron chi connectivity index (χ1n) is 7.11. The molecule has 0 aliphatic carbocycles. The molecule has 1 amide bonds. The number of nitrogens with zero attached hydrogens (tertiary/aromatic N) is 1. The largest absolute Gasteiger partial charge is 0.302 e. The molecule has 0 aliphatic rings. The molecule has 2 heterocycles. The van der Waals surface area contributed by atoms with Crippen LogP contribution in [0.5, 0.6) is 0 Å². The summed E-state index contributed by atoms with van der Waals surface area (Å²) >= 11 is 6.36. The zero-order valence-electron chi connectivity index (χ0n) is 13.0. The van der Waals surface area contributed by atoms with Crippen LogP contribution in [-0.2, 0) is 21.1 Å². The summed E-state index contributed by atoms with van der Waals surface area (Å²) in [6.07, 6.45) is 1.31. The van der Waals surface area contributed by atoms with E-state index < -0.39 is 9.84 Å². The molecule has 0 spiro atoms. The maximum absolute atomic E-state index is 12.1. The first-order valence-corrected chi connectivity index (χ1v) is 11.5. The van der Waals surface area contributed by atoms with Crippen LogP contribution in [0.4, 0.5) is 5.13 Å². The van der Waals surface area contributed by atoms with Crippen LogP contribution in [0.25, 0.3) is 10.6 Å². The van der Waals surface area contributed by atoms with Gasteiger partial charge < -0.3 is 5.32 Å². The van der Waals surface area contributed by atoms with Crippen LogP contribution in [0.15, 0.2) is 50.5 Å². The highest BCUT2D eigenvalue weighted by Crippen LogP contribution is 2.33. The molecular weight excluding hydrogens is 444 g/mol. The molecule has 25 heavy (non-hydrogen) atoms. The van der Waals surface area contributed by atoms with Gasteiger partial charge in [0.2, 0.25) is 5.91 Å². The van der Waals surface area contributed by atoms with Crippen molar-refractivity contribution in [3.05, 3.63) is 51.1 Å². The van der Waals surface area contributed by atoms with Crippen LogP contribution in [0.2, 0.25) is 0 Å². The Morgan fingerprint density at radius 2 is 1.92 bits per heavy atom. The Hall–Kier alpha value is -1.55. The molecule has 1 N–H and O–H groups in total. The van der Waals surface area contributed by atoms with E-state index in [4.69, 9.17) is 0 Å². The maximum atomic E-state index is 12.1. The fourth-order valence-electron chi connectivity index (χ4n) is 2.10. The Kier molecular flexibility index (Phi) is 5.38. The van der Waals surface area contributed by atoms with Crippen molar-refractivity contribution < 1.29 is 13.2 Å². The monoisotopic (exact) mass is 456 g/mol. The van der Waals surface area contributed by atoms with Gasteiger partial charge in [-0.15, -0.1) is 22.7 Å². The van der Waals surface area contributed by atoms with Crippen molar-refractivity contribution in [1.29, 1.82) is 0 Å². The number of carbonyl (C=O) groups excluding carboxylic acids is 1. The third-order valence-corrected chi connectivity index (χ3v) is 6.82. The predicted molar refractivity (Wildman–Crippen MR) is 105 cm³/mol. The fraction of sp³-hybridized carbons (Fsp3) is 0.125. The molecule has 0 bridgehead atoms. The summed E-state index contributed by atoms with van der Waals surface area (Å²) < 4.78 is 23.9. The molecule has 3 aromatic rings. The molecule has 5 nitrogen and oxygen atoms in total. The third kappa shape index (κ3) is 4.75. The minimum Gasteiger partial charge on any atom is -0.302 e. The van der Waals surface area contributed by atoms with Crippen LogP contribution in [-0.4, -0.2) is 25.6 Å². The summed E-state index contributed by atoms with van der Waals surface area (Å²) in [7, 11) is -3.23. The molecule has 0 saturated heterocycles. The van der Waals surface area contributed by atoms with Crippen molar-refractivity contribution in [2.75, 3.05) is 11.6 Å². The van der Waals surface area contributed by atoms with Crippen molar-refractivity contribution in [3.63, 3.8) is 0 Å². The van der Waals surface area contributed by atoms with Crippen molar-refractivity contribution >= 4 is 59.5 Å². The van der Waals surface area contributed by atoms with Gasteiger partial charge in [-0.05, 0) is 45.8 Å². The van der Waals surface area contributed by atoms with Crippen molar-refractivity contribution in [1.82, 2.24) is 4.98 Å². The van der Waals surface area contributed by atoms with Crippen LogP contribution in [0.3, 0.4) is 0 Å². The van der Waals surface area contributed by atoms with Crippen LogP contribution in [0, 0.1) is 0 Å². The second-order valence-corrected chi connectivity index (χ2v) is 10.6. The van der Waals surface area contributed by atoms with Crippen molar-refractivity contribution in [2.24, 2.45) is 0 Å². The zero-order valence-corrected chi connectivity index (χ0v) is 17.1. The second-order valence-electron chi connectivity index (χ2n) is 5.28. The average molecular weight is 457 g/mol. The third-order valence-electron chi connectivity index (χ3n) is 3.29. The van der Waals surface area contributed by atoms with Gasteiger partial charge in [0, 0.05) is 11.6 Å². The number of benzene rings is 1. The number of anilines is 1. The molecular formula is C16H13BrN2O3S3. The number of halogens is 1. The van der Waals surface area contributed by atoms with E-state index in [2.05, 4.69) is 26.2 Å². The van der Waals surface area contributed by atoms with E-state index in [9.17, 15) is 13.2 Å². The number of hydrogen-bond acceptors (Lipinski definition) is 6. The summed E-state index contributed by atoms with van der Waals surface area (Å²) in [5, 5.41) is 5.21. The van der Waals surface area contributed by atoms with E-state index in [-0.39, 0.29) is 17.2 Å². The number of rotatable bonds is 5. The predicted octanol–water partition coefficient (Wildman–Crippen LogP) is 4.22. The molecule has 0 fully saturated rings. The summed E-state index contributed by atoms with van der Waals surface area (Å²) in [5.74, 6) is -0.194. The molecule has 1 aromatic carbocycles. The van der Waals surface area contributed by atoms with Gasteiger partial charge >= 0.3 is 0 Å². The number of hydrogen-bond donors (Lipinski definition) is 1. The smallest absolute Gasteiger partial charge is 0.230 e. The number of nitrogens with one attached hydrogen (secondary N) is 1. The average Bonchev–Trinajstić information content (AvgIpc) is 3.15. The van der Waals surface area contributed by atoms with E-state index in [1.54, 1.807) is 23.5 Å². The Balaban J connectivity index is 1.64. The molecule has 0 radical (unpaired) electrons. The lowest BCUT2D eigenvalue weighted by Gasteiger charge is -2.03. The number of amides is 1. The molecule has 0 atom stereocenters. The number of carbonyl (C=O) groups is 1. The van der Waals surface area contributed by atoms with E-state index >= 15 is 0 Å². The van der Waals surface area contributed by atoms with Crippen molar-refractivity contribution in [2.45, 2.75) is 11.3 Å². The molecule has 0 unspecified atom stereocenters. The number of thiazole rings is 1. The van der Waals surface area contributed by atoms with Gasteiger partial charge in [0.05, 0.1) is 25.7 Å². The van der Waals surface area contributed by atoms with E-state index in [1.165, 1.54) is 23.5 Å². The second kappa shape index (κ2) is 7.36. The van der Waals surface area contributed by atoms with Gasteiger partial charge in [0.15, 0.2) is 15.0 Å². The first kappa shape index (κ1) is 18.2. The van der Waals surface area contributed by atoms with Crippen LogP contribution < -0.4 is 5.32 Å². The topological polar surface area (TPSA) is 76.1 Å².